The van der Waals surface area contributed by atoms with Crippen molar-refractivity contribution >= 4 is 6.21 Å². The average molecular weight is 278 g/mol. The van der Waals surface area contributed by atoms with Crippen molar-refractivity contribution in [3.63, 3.8) is 0 Å². The highest BCUT2D eigenvalue weighted by atomic mass is 19.3. The second-order valence-corrected chi connectivity index (χ2v) is 4.03. The van der Waals surface area contributed by atoms with Crippen LogP contribution in [0.25, 0.3) is 0 Å². The summed E-state index contributed by atoms with van der Waals surface area (Å²) in [7, 11) is 0. The predicted octanol–water partition coefficient (Wildman–Crippen LogP) is 4.19. The molecule has 2 aromatic rings. The molecule has 0 aliphatic rings. The van der Waals surface area contributed by atoms with Crippen molar-refractivity contribution in [1.82, 2.24) is 0 Å². The maximum Gasteiger partial charge on any atom is 0.263 e. The van der Waals surface area contributed by atoms with Gasteiger partial charge in [-0.05, 0) is 23.8 Å². The first-order valence-electron chi connectivity index (χ1n) is 5.86. The Morgan fingerprint density at radius 3 is 2.55 bits per heavy atom. The second-order valence-electron chi connectivity index (χ2n) is 4.03. The molecule has 0 spiro atoms. The Bertz CT molecular complexity index is 582. The van der Waals surface area contributed by atoms with Crippen LogP contribution < -0.4 is 0 Å². The zero-order chi connectivity index (χ0) is 14.4. The zero-order valence-electron chi connectivity index (χ0n) is 10.4. The smallest absolute Gasteiger partial charge is 0.263 e. The molecule has 0 amide bonds. The van der Waals surface area contributed by atoms with E-state index in [-0.39, 0.29) is 18.0 Å². The van der Waals surface area contributed by atoms with E-state index in [4.69, 9.17) is 4.84 Å². The van der Waals surface area contributed by atoms with Gasteiger partial charge in [-0.3, -0.25) is 0 Å². The highest BCUT2D eigenvalue weighted by Gasteiger charge is 2.06. The molecule has 2 rings (SSSR count). The Morgan fingerprint density at radius 2 is 1.85 bits per heavy atom. The first-order chi connectivity index (χ1) is 9.65. The van der Waals surface area contributed by atoms with Gasteiger partial charge in [0.2, 0.25) is 0 Å². The van der Waals surface area contributed by atoms with Crippen LogP contribution in [0.15, 0.2) is 53.7 Å². The molecule has 1 radical (unpaired) electrons. The Morgan fingerprint density at radius 1 is 1.10 bits per heavy atom. The van der Waals surface area contributed by atoms with Crippen LogP contribution in [0.4, 0.5) is 13.2 Å². The topological polar surface area (TPSA) is 21.6 Å². The van der Waals surface area contributed by atoms with Gasteiger partial charge in [0, 0.05) is 11.1 Å². The molecule has 0 fully saturated rings. The molecule has 0 aliphatic carbocycles. The van der Waals surface area contributed by atoms with Crippen molar-refractivity contribution in [3.05, 3.63) is 71.0 Å². The van der Waals surface area contributed by atoms with Crippen LogP contribution in [-0.2, 0) is 11.4 Å². The van der Waals surface area contributed by atoms with Gasteiger partial charge in [0.15, 0.2) is 0 Å². The maximum atomic E-state index is 12.7. The largest absolute Gasteiger partial charge is 0.390 e. The number of halogens is 3. The molecule has 0 saturated heterocycles. The van der Waals surface area contributed by atoms with E-state index in [1.807, 2.05) is 0 Å². The lowest BCUT2D eigenvalue weighted by Gasteiger charge is -2.00. The Hall–Kier alpha value is -2.30. The second kappa shape index (κ2) is 6.75. The highest BCUT2D eigenvalue weighted by Crippen LogP contribution is 2.18. The summed E-state index contributed by atoms with van der Waals surface area (Å²) in [6, 6.07) is 11.5. The SMILES string of the molecule is Fc1ccc(CO/N=[C]\c2cccc(C(F)F)c2)cc1. The Labute approximate surface area is 114 Å². The summed E-state index contributed by atoms with van der Waals surface area (Å²) in [5.74, 6) is -0.326. The molecule has 0 bridgehead atoms. The maximum absolute atomic E-state index is 12.7. The number of alkyl halides is 2. The fraction of sp³-hybridized carbons (Fsp3) is 0.133. The van der Waals surface area contributed by atoms with Crippen LogP contribution in [0, 0.1) is 5.82 Å². The normalized spacial score (nSPS) is 11.2. The molecule has 5 heteroatoms. The molecule has 0 saturated carbocycles. The number of rotatable bonds is 5. The van der Waals surface area contributed by atoms with Gasteiger partial charge in [0.25, 0.3) is 6.43 Å². The van der Waals surface area contributed by atoms with Gasteiger partial charge in [-0.1, -0.05) is 35.5 Å². The summed E-state index contributed by atoms with van der Waals surface area (Å²) in [5, 5.41) is 3.57. The minimum atomic E-state index is -2.53. The molecular formula is C15H11F3NO. The van der Waals surface area contributed by atoms with Gasteiger partial charge in [-0.15, -0.1) is 0 Å². The van der Waals surface area contributed by atoms with E-state index in [2.05, 4.69) is 11.4 Å². The predicted molar refractivity (Wildman–Crippen MR) is 69.1 cm³/mol. The fourth-order valence-electron chi connectivity index (χ4n) is 1.52. The van der Waals surface area contributed by atoms with Crippen LogP contribution in [0.1, 0.15) is 23.1 Å². The Balaban J connectivity index is 1.90. The van der Waals surface area contributed by atoms with Gasteiger partial charge in [0.1, 0.15) is 18.6 Å². The number of nitrogens with zero attached hydrogens (tertiary/aromatic N) is 1. The van der Waals surface area contributed by atoms with Crippen LogP contribution in [0.2, 0.25) is 0 Å². The molecular weight excluding hydrogens is 267 g/mol. The lowest BCUT2D eigenvalue weighted by atomic mass is 10.1. The highest BCUT2D eigenvalue weighted by molar-refractivity contribution is 5.79. The standard InChI is InChI=1S/C15H11F3NO/c16-14-6-4-11(5-7-14)10-20-19-9-12-2-1-3-13(8-12)15(17)18/h1-8,15H,10H2. The third-order valence-corrected chi connectivity index (χ3v) is 2.52. The molecule has 0 aliphatic heterocycles. The van der Waals surface area contributed by atoms with Crippen molar-refractivity contribution in [3.8, 4) is 0 Å². The van der Waals surface area contributed by atoms with Gasteiger partial charge in [-0.2, -0.15) is 0 Å². The van der Waals surface area contributed by atoms with Crippen molar-refractivity contribution in [2.24, 2.45) is 5.16 Å². The molecule has 0 heterocycles. The van der Waals surface area contributed by atoms with E-state index >= 15 is 0 Å². The third-order valence-electron chi connectivity index (χ3n) is 2.52. The first kappa shape index (κ1) is 14.1. The summed E-state index contributed by atoms with van der Waals surface area (Å²) < 4.78 is 37.6. The van der Waals surface area contributed by atoms with Gasteiger partial charge in [-0.25, -0.2) is 13.2 Å². The Kier molecular flexibility index (Phi) is 4.76. The summed E-state index contributed by atoms with van der Waals surface area (Å²) in [6.07, 6.45) is -0.0137. The molecule has 20 heavy (non-hydrogen) atoms. The van der Waals surface area contributed by atoms with Crippen molar-refractivity contribution < 1.29 is 18.0 Å². The number of hydrogen-bond acceptors (Lipinski definition) is 2. The quantitative estimate of drug-likeness (QED) is 0.593. The van der Waals surface area contributed by atoms with E-state index in [9.17, 15) is 13.2 Å². The molecule has 0 atom stereocenters. The van der Waals surface area contributed by atoms with E-state index in [1.54, 1.807) is 18.2 Å². The summed E-state index contributed by atoms with van der Waals surface area (Å²) in [5.41, 5.74) is 1.06. The zero-order valence-corrected chi connectivity index (χ0v) is 10.4. The van der Waals surface area contributed by atoms with Crippen molar-refractivity contribution in [1.29, 1.82) is 0 Å². The third kappa shape index (κ3) is 4.12. The lowest BCUT2D eigenvalue weighted by Crippen LogP contribution is -1.90. The summed E-state index contributed by atoms with van der Waals surface area (Å²) in [6.45, 7) is 0.155. The van der Waals surface area contributed by atoms with Crippen LogP contribution in [-0.4, -0.2) is 6.21 Å². The molecule has 2 aromatic carbocycles. The number of hydrogen-bond donors (Lipinski definition) is 0. The van der Waals surface area contributed by atoms with Crippen LogP contribution >= 0.6 is 0 Å². The minimum absolute atomic E-state index is 0.0938. The van der Waals surface area contributed by atoms with Crippen molar-refractivity contribution in [2.45, 2.75) is 13.0 Å². The van der Waals surface area contributed by atoms with E-state index in [0.29, 0.717) is 5.56 Å². The molecule has 0 aromatic heterocycles. The molecule has 2 nitrogen and oxygen atoms in total. The van der Waals surface area contributed by atoms with Crippen LogP contribution in [0.5, 0.6) is 0 Å². The van der Waals surface area contributed by atoms with E-state index in [1.165, 1.54) is 30.3 Å². The van der Waals surface area contributed by atoms with Crippen molar-refractivity contribution in [2.75, 3.05) is 0 Å². The monoisotopic (exact) mass is 278 g/mol. The van der Waals surface area contributed by atoms with E-state index < -0.39 is 6.43 Å². The van der Waals surface area contributed by atoms with E-state index in [0.717, 1.165) is 5.56 Å². The average Bonchev–Trinajstić information content (AvgIpc) is 2.46. The van der Waals surface area contributed by atoms with Gasteiger partial charge in [0.05, 0.1) is 0 Å². The number of benzene rings is 2. The summed E-state index contributed by atoms with van der Waals surface area (Å²) in [4.78, 5) is 4.97. The van der Waals surface area contributed by atoms with Crippen LogP contribution in [0.3, 0.4) is 0 Å². The first-order valence-corrected chi connectivity index (χ1v) is 5.86. The minimum Gasteiger partial charge on any atom is -0.390 e. The van der Waals surface area contributed by atoms with Gasteiger partial charge >= 0.3 is 0 Å². The lowest BCUT2D eigenvalue weighted by molar-refractivity contribution is 0.132. The fourth-order valence-corrected chi connectivity index (χ4v) is 1.52. The molecule has 0 unspecified atom stereocenters. The molecule has 103 valence electrons. The molecule has 0 N–H and O–H groups in total. The van der Waals surface area contributed by atoms with Gasteiger partial charge < -0.3 is 4.84 Å². The summed E-state index contributed by atoms with van der Waals surface area (Å²) >= 11 is 0.